The average Bonchev–Trinajstić information content (AvgIpc) is 2.50. The van der Waals surface area contributed by atoms with Crippen LogP contribution in [0, 0.1) is 5.82 Å². The summed E-state index contributed by atoms with van der Waals surface area (Å²) in [7, 11) is 0. The molecule has 0 unspecified atom stereocenters. The van der Waals surface area contributed by atoms with Gasteiger partial charge in [0.2, 0.25) is 5.91 Å². The number of thioether (sulfide) groups is 1. The first-order valence-electron chi connectivity index (χ1n) is 6.80. The molecular formula is C17H16FNO2S. The average molecular weight is 317 g/mol. The maximum Gasteiger partial charge on any atom is 0.237 e. The van der Waals surface area contributed by atoms with Gasteiger partial charge in [-0.1, -0.05) is 0 Å². The number of ketones is 1. The van der Waals surface area contributed by atoms with Crippen LogP contribution in [-0.2, 0) is 4.79 Å². The fourth-order valence-electron chi connectivity index (χ4n) is 1.80. The molecule has 0 aromatic heterocycles. The first kappa shape index (κ1) is 16.2. The number of hydrogen-bond acceptors (Lipinski definition) is 3. The van der Waals surface area contributed by atoms with E-state index in [1.165, 1.54) is 30.8 Å². The molecule has 2 rings (SSSR count). The summed E-state index contributed by atoms with van der Waals surface area (Å²) in [5.41, 5.74) is 1.24. The van der Waals surface area contributed by atoms with Gasteiger partial charge in [-0.2, -0.15) is 0 Å². The van der Waals surface area contributed by atoms with E-state index < -0.39 is 0 Å². The molecule has 22 heavy (non-hydrogen) atoms. The Bertz CT molecular complexity index is 668. The van der Waals surface area contributed by atoms with Crippen molar-refractivity contribution in [2.75, 3.05) is 5.32 Å². The summed E-state index contributed by atoms with van der Waals surface area (Å²) in [6.07, 6.45) is 0. The smallest absolute Gasteiger partial charge is 0.237 e. The number of hydrogen-bond donors (Lipinski definition) is 1. The van der Waals surface area contributed by atoms with Crippen LogP contribution in [0.1, 0.15) is 24.2 Å². The Morgan fingerprint density at radius 1 is 1.05 bits per heavy atom. The molecule has 0 bridgehead atoms. The van der Waals surface area contributed by atoms with Crippen LogP contribution in [0.25, 0.3) is 0 Å². The second kappa shape index (κ2) is 7.22. The molecular weight excluding hydrogens is 301 g/mol. The largest absolute Gasteiger partial charge is 0.325 e. The summed E-state index contributed by atoms with van der Waals surface area (Å²) < 4.78 is 12.8. The molecule has 0 aliphatic rings. The Morgan fingerprint density at radius 2 is 1.64 bits per heavy atom. The highest BCUT2D eigenvalue weighted by molar-refractivity contribution is 8.00. The Balaban J connectivity index is 1.95. The molecule has 0 aliphatic carbocycles. The van der Waals surface area contributed by atoms with Crippen molar-refractivity contribution in [1.29, 1.82) is 0 Å². The van der Waals surface area contributed by atoms with Crippen molar-refractivity contribution in [1.82, 2.24) is 0 Å². The lowest BCUT2D eigenvalue weighted by atomic mass is 10.1. The van der Waals surface area contributed by atoms with Gasteiger partial charge in [-0.25, -0.2) is 4.39 Å². The molecule has 0 fully saturated rings. The number of Topliss-reactive ketones (excluding diaryl/α,β-unsaturated/α-hetero) is 1. The van der Waals surface area contributed by atoms with E-state index >= 15 is 0 Å². The third kappa shape index (κ3) is 4.43. The zero-order valence-electron chi connectivity index (χ0n) is 12.3. The van der Waals surface area contributed by atoms with E-state index in [0.717, 1.165) is 4.90 Å². The highest BCUT2D eigenvalue weighted by Gasteiger charge is 2.14. The van der Waals surface area contributed by atoms with Crippen LogP contribution in [0.15, 0.2) is 53.4 Å². The molecule has 2 aromatic carbocycles. The van der Waals surface area contributed by atoms with Crippen molar-refractivity contribution in [2.45, 2.75) is 24.0 Å². The van der Waals surface area contributed by atoms with Gasteiger partial charge in [0.25, 0.3) is 0 Å². The van der Waals surface area contributed by atoms with Crippen LogP contribution >= 0.6 is 11.8 Å². The van der Waals surface area contributed by atoms with Gasteiger partial charge in [-0.05, 0) is 62.4 Å². The van der Waals surface area contributed by atoms with Crippen molar-refractivity contribution < 1.29 is 14.0 Å². The Kier molecular flexibility index (Phi) is 5.33. The summed E-state index contributed by atoms with van der Waals surface area (Å²) >= 11 is 1.35. The SMILES string of the molecule is CC(=O)c1ccc(NC(=O)[C@@H](C)Sc2ccc(F)cc2)cc1. The number of amides is 1. The van der Waals surface area contributed by atoms with Gasteiger partial charge in [-0.3, -0.25) is 9.59 Å². The number of benzene rings is 2. The van der Waals surface area contributed by atoms with E-state index in [-0.39, 0.29) is 22.8 Å². The number of carbonyl (C=O) groups is 2. The van der Waals surface area contributed by atoms with E-state index in [1.54, 1.807) is 43.3 Å². The van der Waals surface area contributed by atoms with E-state index in [4.69, 9.17) is 0 Å². The van der Waals surface area contributed by atoms with Crippen molar-refractivity contribution in [2.24, 2.45) is 0 Å². The highest BCUT2D eigenvalue weighted by atomic mass is 32.2. The van der Waals surface area contributed by atoms with Gasteiger partial charge in [-0.15, -0.1) is 11.8 Å². The van der Waals surface area contributed by atoms with Crippen LogP contribution in [-0.4, -0.2) is 16.9 Å². The quantitative estimate of drug-likeness (QED) is 0.665. The Labute approximate surface area is 132 Å². The van der Waals surface area contributed by atoms with E-state index in [9.17, 15) is 14.0 Å². The molecule has 0 saturated carbocycles. The predicted octanol–water partition coefficient (Wildman–Crippen LogP) is 4.15. The molecule has 0 aliphatic heterocycles. The molecule has 0 spiro atoms. The first-order valence-corrected chi connectivity index (χ1v) is 7.68. The number of nitrogens with one attached hydrogen (secondary N) is 1. The number of halogens is 1. The van der Waals surface area contributed by atoms with Crippen LogP contribution < -0.4 is 5.32 Å². The Hall–Kier alpha value is -2.14. The summed E-state index contributed by atoms with van der Waals surface area (Å²) in [5, 5.41) is 2.47. The van der Waals surface area contributed by atoms with Gasteiger partial charge >= 0.3 is 0 Å². The molecule has 0 radical (unpaired) electrons. The summed E-state index contributed by atoms with van der Waals surface area (Å²) in [6.45, 7) is 3.28. The highest BCUT2D eigenvalue weighted by Crippen LogP contribution is 2.24. The molecule has 3 nitrogen and oxygen atoms in total. The summed E-state index contributed by atoms with van der Waals surface area (Å²) in [6, 6.07) is 12.8. The predicted molar refractivity (Wildman–Crippen MR) is 86.8 cm³/mol. The van der Waals surface area contributed by atoms with Crippen LogP contribution in [0.2, 0.25) is 0 Å². The van der Waals surface area contributed by atoms with Crippen LogP contribution in [0.5, 0.6) is 0 Å². The fraction of sp³-hybridized carbons (Fsp3) is 0.176. The number of carbonyl (C=O) groups excluding carboxylic acids is 2. The molecule has 1 atom stereocenters. The number of anilines is 1. The summed E-state index contributed by atoms with van der Waals surface area (Å²) in [4.78, 5) is 24.2. The molecule has 1 N–H and O–H groups in total. The van der Waals surface area contributed by atoms with E-state index in [1.807, 2.05) is 0 Å². The zero-order valence-corrected chi connectivity index (χ0v) is 13.1. The van der Waals surface area contributed by atoms with Gasteiger partial charge in [0.1, 0.15) is 5.82 Å². The van der Waals surface area contributed by atoms with Crippen LogP contribution in [0.3, 0.4) is 0 Å². The fourth-order valence-corrected chi connectivity index (χ4v) is 2.67. The lowest BCUT2D eigenvalue weighted by Crippen LogP contribution is -2.22. The Morgan fingerprint density at radius 3 is 2.18 bits per heavy atom. The molecule has 1 amide bonds. The molecule has 2 aromatic rings. The van der Waals surface area contributed by atoms with Crippen molar-refractivity contribution in [3.63, 3.8) is 0 Å². The molecule has 0 saturated heterocycles. The lowest BCUT2D eigenvalue weighted by molar-refractivity contribution is -0.115. The van der Waals surface area contributed by atoms with E-state index in [2.05, 4.69) is 5.32 Å². The monoisotopic (exact) mass is 317 g/mol. The third-order valence-corrected chi connectivity index (χ3v) is 4.17. The van der Waals surface area contributed by atoms with E-state index in [0.29, 0.717) is 11.3 Å². The van der Waals surface area contributed by atoms with Crippen molar-refractivity contribution >= 4 is 29.1 Å². The van der Waals surface area contributed by atoms with Gasteiger partial charge < -0.3 is 5.32 Å². The van der Waals surface area contributed by atoms with Gasteiger partial charge in [0.05, 0.1) is 5.25 Å². The van der Waals surface area contributed by atoms with Crippen LogP contribution in [0.4, 0.5) is 10.1 Å². The van der Waals surface area contributed by atoms with Gasteiger partial charge in [0, 0.05) is 16.1 Å². The minimum Gasteiger partial charge on any atom is -0.325 e. The second-order valence-electron chi connectivity index (χ2n) is 4.84. The third-order valence-electron chi connectivity index (χ3n) is 3.05. The van der Waals surface area contributed by atoms with Crippen molar-refractivity contribution in [3.8, 4) is 0 Å². The topological polar surface area (TPSA) is 46.2 Å². The maximum absolute atomic E-state index is 12.8. The molecule has 5 heteroatoms. The number of rotatable bonds is 5. The zero-order chi connectivity index (χ0) is 16.1. The minimum absolute atomic E-state index is 0.0156. The molecule has 114 valence electrons. The molecule has 0 heterocycles. The normalized spacial score (nSPS) is 11.8. The first-order chi connectivity index (χ1) is 10.5. The minimum atomic E-state index is -0.321. The summed E-state index contributed by atoms with van der Waals surface area (Å²) in [5.74, 6) is -0.463. The standard InChI is InChI=1S/C17H16FNO2S/c1-11(20)13-3-7-15(8-4-13)19-17(21)12(2)22-16-9-5-14(18)6-10-16/h3-10,12H,1-2H3,(H,19,21)/t12-/m1/s1. The second-order valence-corrected chi connectivity index (χ2v) is 6.25. The lowest BCUT2D eigenvalue weighted by Gasteiger charge is -2.12. The van der Waals surface area contributed by atoms with Gasteiger partial charge in [0.15, 0.2) is 5.78 Å². The maximum atomic E-state index is 12.8. The van der Waals surface area contributed by atoms with Crippen molar-refractivity contribution in [3.05, 3.63) is 59.9 Å².